The molecular formula is C12H14N4O5. The lowest BCUT2D eigenvalue weighted by molar-refractivity contribution is -0.146. The molecule has 0 saturated carbocycles. The molecule has 1 unspecified atom stereocenters. The first-order valence-corrected chi connectivity index (χ1v) is 6.26. The molecule has 2 heterocycles. The van der Waals surface area contributed by atoms with E-state index in [1.54, 1.807) is 6.92 Å². The van der Waals surface area contributed by atoms with E-state index >= 15 is 0 Å². The standard InChI is InChI=1S/C12H14N4O5/c1-6-5-9(16-21-6)13-11(18)7(2)20-12(19)8-3-4-10(17)15-14-8/h5,7H,3-4H2,1-2H3,(H,15,17)(H,13,16,18). The molecule has 9 nitrogen and oxygen atoms in total. The molecule has 112 valence electrons. The van der Waals surface area contributed by atoms with Crippen LogP contribution < -0.4 is 10.7 Å². The van der Waals surface area contributed by atoms with E-state index in [0.29, 0.717) is 5.76 Å². The second kappa shape index (κ2) is 6.16. The Kier molecular flexibility index (Phi) is 4.31. The minimum Gasteiger partial charge on any atom is -0.448 e. The van der Waals surface area contributed by atoms with Crippen LogP contribution in [0.2, 0.25) is 0 Å². The van der Waals surface area contributed by atoms with Crippen molar-refractivity contribution in [3.8, 4) is 0 Å². The maximum Gasteiger partial charge on any atom is 0.355 e. The van der Waals surface area contributed by atoms with Gasteiger partial charge in [-0.2, -0.15) is 5.10 Å². The average Bonchev–Trinajstić information content (AvgIpc) is 2.84. The minimum atomic E-state index is -1.03. The molecule has 2 N–H and O–H groups in total. The van der Waals surface area contributed by atoms with Gasteiger partial charge < -0.3 is 14.6 Å². The number of rotatable bonds is 4. The summed E-state index contributed by atoms with van der Waals surface area (Å²) in [6, 6.07) is 1.53. The number of nitrogens with zero attached hydrogens (tertiary/aromatic N) is 2. The van der Waals surface area contributed by atoms with Crippen LogP contribution in [-0.2, 0) is 19.1 Å². The Bertz CT molecular complexity index is 607. The smallest absolute Gasteiger partial charge is 0.355 e. The molecule has 0 bridgehead atoms. The molecule has 0 spiro atoms. The molecule has 9 heteroatoms. The van der Waals surface area contributed by atoms with Gasteiger partial charge in [0.2, 0.25) is 5.91 Å². The summed E-state index contributed by atoms with van der Waals surface area (Å²) in [6.07, 6.45) is -0.691. The first-order chi connectivity index (χ1) is 9.95. The Morgan fingerprint density at radius 2 is 2.24 bits per heavy atom. The predicted octanol–water partition coefficient (Wildman–Crippen LogP) is 0.119. The molecule has 1 aliphatic heterocycles. The lowest BCUT2D eigenvalue weighted by Crippen LogP contribution is -2.35. The molecule has 2 amide bonds. The molecular weight excluding hydrogens is 280 g/mol. The highest BCUT2D eigenvalue weighted by Gasteiger charge is 2.24. The van der Waals surface area contributed by atoms with Gasteiger partial charge in [0.05, 0.1) is 0 Å². The van der Waals surface area contributed by atoms with E-state index in [4.69, 9.17) is 9.26 Å². The number of ether oxygens (including phenoxy) is 1. The molecule has 0 saturated heterocycles. The van der Waals surface area contributed by atoms with E-state index in [0.717, 1.165) is 0 Å². The number of hydrogen-bond acceptors (Lipinski definition) is 7. The number of aromatic nitrogens is 1. The van der Waals surface area contributed by atoms with E-state index < -0.39 is 18.0 Å². The summed E-state index contributed by atoms with van der Waals surface area (Å²) in [5, 5.41) is 9.64. The maximum atomic E-state index is 11.8. The van der Waals surface area contributed by atoms with Crippen molar-refractivity contribution in [2.75, 3.05) is 5.32 Å². The van der Waals surface area contributed by atoms with Crippen molar-refractivity contribution < 1.29 is 23.6 Å². The van der Waals surface area contributed by atoms with Crippen molar-refractivity contribution in [3.63, 3.8) is 0 Å². The number of carbonyl (C=O) groups is 3. The molecule has 0 fully saturated rings. The zero-order valence-electron chi connectivity index (χ0n) is 11.5. The van der Waals surface area contributed by atoms with Crippen molar-refractivity contribution in [2.45, 2.75) is 32.8 Å². The van der Waals surface area contributed by atoms with Crippen LogP contribution in [0, 0.1) is 6.92 Å². The average molecular weight is 294 g/mol. The minimum absolute atomic E-state index is 0.0755. The largest absolute Gasteiger partial charge is 0.448 e. The van der Waals surface area contributed by atoms with Crippen LogP contribution in [0.4, 0.5) is 5.82 Å². The van der Waals surface area contributed by atoms with Gasteiger partial charge in [0, 0.05) is 18.9 Å². The van der Waals surface area contributed by atoms with Gasteiger partial charge in [-0.25, -0.2) is 10.2 Å². The van der Waals surface area contributed by atoms with Gasteiger partial charge in [0.15, 0.2) is 11.9 Å². The molecule has 21 heavy (non-hydrogen) atoms. The number of carbonyl (C=O) groups excluding carboxylic acids is 3. The molecule has 1 aromatic heterocycles. The number of esters is 1. The maximum absolute atomic E-state index is 11.8. The highest BCUT2D eigenvalue weighted by atomic mass is 16.5. The van der Waals surface area contributed by atoms with Crippen LogP contribution in [-0.4, -0.2) is 34.8 Å². The highest BCUT2D eigenvalue weighted by Crippen LogP contribution is 2.09. The van der Waals surface area contributed by atoms with E-state index in [-0.39, 0.29) is 30.3 Å². The van der Waals surface area contributed by atoms with E-state index in [2.05, 4.69) is 21.0 Å². The SMILES string of the molecule is Cc1cc(NC(=O)C(C)OC(=O)C2=NNC(=O)CC2)no1. The van der Waals surface area contributed by atoms with E-state index in [1.165, 1.54) is 13.0 Å². The summed E-state index contributed by atoms with van der Waals surface area (Å²) in [7, 11) is 0. The van der Waals surface area contributed by atoms with Gasteiger partial charge in [-0.05, 0) is 13.8 Å². The van der Waals surface area contributed by atoms with Crippen molar-refractivity contribution in [3.05, 3.63) is 11.8 Å². The lowest BCUT2D eigenvalue weighted by atomic mass is 10.2. The number of aryl methyl sites for hydroxylation is 1. The van der Waals surface area contributed by atoms with Gasteiger partial charge in [0.25, 0.3) is 5.91 Å². The fraction of sp³-hybridized carbons (Fsp3) is 0.417. The third-order valence-corrected chi connectivity index (χ3v) is 2.67. The number of anilines is 1. The number of amides is 2. The van der Waals surface area contributed by atoms with Gasteiger partial charge in [0.1, 0.15) is 11.5 Å². The van der Waals surface area contributed by atoms with Gasteiger partial charge in [-0.15, -0.1) is 0 Å². The number of hydrazone groups is 1. The molecule has 0 aliphatic carbocycles. The van der Waals surface area contributed by atoms with Gasteiger partial charge in [-0.3, -0.25) is 9.59 Å². The fourth-order valence-electron chi connectivity index (χ4n) is 1.56. The summed E-state index contributed by atoms with van der Waals surface area (Å²) < 4.78 is 9.77. The van der Waals surface area contributed by atoms with Crippen LogP contribution in [0.5, 0.6) is 0 Å². The Balaban J connectivity index is 1.88. The van der Waals surface area contributed by atoms with Crippen molar-refractivity contribution in [1.82, 2.24) is 10.6 Å². The summed E-state index contributed by atoms with van der Waals surface area (Å²) in [5.74, 6) is -0.769. The van der Waals surface area contributed by atoms with Gasteiger partial charge >= 0.3 is 5.97 Å². The van der Waals surface area contributed by atoms with Crippen molar-refractivity contribution in [1.29, 1.82) is 0 Å². The van der Waals surface area contributed by atoms with Crippen LogP contribution in [0.1, 0.15) is 25.5 Å². The summed E-state index contributed by atoms with van der Waals surface area (Å²) in [6.45, 7) is 3.10. The van der Waals surface area contributed by atoms with Crippen molar-refractivity contribution in [2.24, 2.45) is 5.10 Å². The lowest BCUT2D eigenvalue weighted by Gasteiger charge is -2.15. The molecule has 1 aliphatic rings. The highest BCUT2D eigenvalue weighted by molar-refractivity contribution is 6.37. The molecule has 1 atom stereocenters. The van der Waals surface area contributed by atoms with Crippen LogP contribution in [0.3, 0.4) is 0 Å². The zero-order chi connectivity index (χ0) is 15.4. The van der Waals surface area contributed by atoms with Crippen LogP contribution in [0.25, 0.3) is 0 Å². The Labute approximate surface area is 119 Å². The normalized spacial score (nSPS) is 15.7. The fourth-order valence-corrected chi connectivity index (χ4v) is 1.56. The Hall–Kier alpha value is -2.71. The summed E-state index contributed by atoms with van der Waals surface area (Å²) >= 11 is 0. The third-order valence-electron chi connectivity index (χ3n) is 2.67. The van der Waals surface area contributed by atoms with Crippen LogP contribution in [0.15, 0.2) is 15.7 Å². The quantitative estimate of drug-likeness (QED) is 0.760. The summed E-state index contributed by atoms with van der Waals surface area (Å²) in [4.78, 5) is 34.5. The Morgan fingerprint density at radius 3 is 2.81 bits per heavy atom. The number of nitrogens with one attached hydrogen (secondary N) is 2. The topological polar surface area (TPSA) is 123 Å². The zero-order valence-corrected chi connectivity index (χ0v) is 11.5. The third kappa shape index (κ3) is 3.88. The van der Waals surface area contributed by atoms with Gasteiger partial charge in [-0.1, -0.05) is 5.16 Å². The monoisotopic (exact) mass is 294 g/mol. The number of hydrogen-bond donors (Lipinski definition) is 2. The Morgan fingerprint density at radius 1 is 1.48 bits per heavy atom. The first kappa shape index (κ1) is 14.7. The molecule has 1 aromatic rings. The molecule has 0 radical (unpaired) electrons. The molecule has 2 rings (SSSR count). The first-order valence-electron chi connectivity index (χ1n) is 6.26. The van der Waals surface area contributed by atoms with Crippen LogP contribution >= 0.6 is 0 Å². The summed E-state index contributed by atoms with van der Waals surface area (Å²) in [5.41, 5.74) is 2.26. The predicted molar refractivity (Wildman–Crippen MR) is 70.2 cm³/mol. The van der Waals surface area contributed by atoms with E-state index in [9.17, 15) is 14.4 Å². The van der Waals surface area contributed by atoms with E-state index in [1.807, 2.05) is 0 Å². The molecule has 0 aromatic carbocycles. The second-order valence-corrected chi connectivity index (χ2v) is 4.45. The second-order valence-electron chi connectivity index (χ2n) is 4.45. The van der Waals surface area contributed by atoms with Crippen molar-refractivity contribution >= 4 is 29.3 Å².